The van der Waals surface area contributed by atoms with Gasteiger partial charge in [0.25, 0.3) is 0 Å². The van der Waals surface area contributed by atoms with Crippen molar-refractivity contribution in [1.29, 1.82) is 0 Å². The second-order valence-electron chi connectivity index (χ2n) is 5.78. The maximum atomic E-state index is 13.2. The molecular weight excluding hydrogens is 243 g/mol. The van der Waals surface area contributed by atoms with Gasteiger partial charge in [0.15, 0.2) is 0 Å². The Balaban J connectivity index is 2.01. The molecule has 1 unspecified atom stereocenters. The molecule has 3 nitrogen and oxygen atoms in total. The minimum absolute atomic E-state index is 0.0619. The summed E-state index contributed by atoms with van der Waals surface area (Å²) in [6, 6.07) is 4.02. The molecule has 4 heteroatoms. The summed E-state index contributed by atoms with van der Waals surface area (Å²) in [6.45, 7) is 2.81. The number of hydrogen-bond acceptors (Lipinski definition) is 3. The van der Waals surface area contributed by atoms with E-state index in [1.807, 2.05) is 6.92 Å². The van der Waals surface area contributed by atoms with Gasteiger partial charge >= 0.3 is 0 Å². The van der Waals surface area contributed by atoms with Crippen LogP contribution in [0.15, 0.2) is 18.2 Å². The van der Waals surface area contributed by atoms with Crippen molar-refractivity contribution in [1.82, 2.24) is 10.2 Å². The van der Waals surface area contributed by atoms with E-state index in [2.05, 4.69) is 24.3 Å². The molecule has 1 aromatic carbocycles. The average molecular weight is 266 g/mol. The second-order valence-corrected chi connectivity index (χ2v) is 5.78. The molecule has 0 bridgehead atoms. The average Bonchev–Trinajstić information content (AvgIpc) is 2.30. The van der Waals surface area contributed by atoms with Crippen LogP contribution < -0.4 is 5.32 Å². The highest BCUT2D eigenvalue weighted by molar-refractivity contribution is 5.34. The fraction of sp³-hybridized carbons (Fsp3) is 0.600. The van der Waals surface area contributed by atoms with E-state index in [-0.39, 0.29) is 23.1 Å². The zero-order valence-corrected chi connectivity index (χ0v) is 11.9. The summed E-state index contributed by atoms with van der Waals surface area (Å²) in [7, 11) is 4.20. The Morgan fingerprint density at radius 3 is 2.63 bits per heavy atom. The SMILES string of the molecule is CC(NCC1(N(C)C)CCC1)c1cc(F)ccc1O. The molecule has 0 spiro atoms. The van der Waals surface area contributed by atoms with Crippen LogP contribution in [0, 0.1) is 5.82 Å². The van der Waals surface area contributed by atoms with E-state index >= 15 is 0 Å². The molecule has 1 fully saturated rings. The van der Waals surface area contributed by atoms with Crippen LogP contribution >= 0.6 is 0 Å². The van der Waals surface area contributed by atoms with Crippen LogP contribution in [0.5, 0.6) is 5.75 Å². The fourth-order valence-electron chi connectivity index (χ4n) is 2.69. The van der Waals surface area contributed by atoms with Gasteiger partial charge in [0, 0.05) is 23.7 Å². The summed E-state index contributed by atoms with van der Waals surface area (Å²) in [4.78, 5) is 2.27. The highest BCUT2D eigenvalue weighted by atomic mass is 19.1. The van der Waals surface area contributed by atoms with Crippen LogP contribution in [0.3, 0.4) is 0 Å². The number of benzene rings is 1. The highest BCUT2D eigenvalue weighted by Crippen LogP contribution is 2.36. The molecule has 0 aliphatic heterocycles. The van der Waals surface area contributed by atoms with Gasteiger partial charge < -0.3 is 15.3 Å². The maximum Gasteiger partial charge on any atom is 0.123 e. The zero-order chi connectivity index (χ0) is 14.0. The summed E-state index contributed by atoms with van der Waals surface area (Å²) < 4.78 is 13.2. The van der Waals surface area contributed by atoms with Crippen molar-refractivity contribution in [2.45, 2.75) is 37.8 Å². The molecule has 2 N–H and O–H groups in total. The predicted octanol–water partition coefficient (Wildman–Crippen LogP) is 2.67. The summed E-state index contributed by atoms with van der Waals surface area (Å²) in [5.41, 5.74) is 0.838. The van der Waals surface area contributed by atoms with E-state index < -0.39 is 0 Å². The molecule has 0 radical (unpaired) electrons. The maximum absolute atomic E-state index is 13.2. The Bertz CT molecular complexity index is 444. The van der Waals surface area contributed by atoms with Gasteiger partial charge in [-0.1, -0.05) is 0 Å². The van der Waals surface area contributed by atoms with Crippen molar-refractivity contribution in [2.75, 3.05) is 20.6 Å². The predicted molar refractivity (Wildman–Crippen MR) is 74.8 cm³/mol. The van der Waals surface area contributed by atoms with Crippen molar-refractivity contribution in [2.24, 2.45) is 0 Å². The molecule has 1 aliphatic rings. The third-order valence-corrected chi connectivity index (χ3v) is 4.43. The molecule has 1 aliphatic carbocycles. The number of rotatable bonds is 5. The fourth-order valence-corrected chi connectivity index (χ4v) is 2.69. The Morgan fingerprint density at radius 1 is 1.42 bits per heavy atom. The molecule has 19 heavy (non-hydrogen) atoms. The lowest BCUT2D eigenvalue weighted by molar-refractivity contribution is 0.0575. The van der Waals surface area contributed by atoms with Gasteiger partial charge in [-0.05, 0) is 58.5 Å². The summed E-state index contributed by atoms with van der Waals surface area (Å²) >= 11 is 0. The summed E-state index contributed by atoms with van der Waals surface area (Å²) in [6.07, 6.45) is 3.64. The number of phenolic OH excluding ortho intramolecular Hbond substituents is 1. The third-order valence-electron chi connectivity index (χ3n) is 4.43. The highest BCUT2D eigenvalue weighted by Gasteiger charge is 2.38. The quantitative estimate of drug-likeness (QED) is 0.860. The number of phenols is 1. The van der Waals surface area contributed by atoms with Gasteiger partial charge in [-0.15, -0.1) is 0 Å². The lowest BCUT2D eigenvalue weighted by Gasteiger charge is -2.48. The van der Waals surface area contributed by atoms with Gasteiger partial charge in [0.05, 0.1) is 0 Å². The minimum Gasteiger partial charge on any atom is -0.508 e. The number of nitrogens with one attached hydrogen (secondary N) is 1. The number of nitrogens with zero attached hydrogens (tertiary/aromatic N) is 1. The van der Waals surface area contributed by atoms with Gasteiger partial charge in [-0.3, -0.25) is 0 Å². The molecule has 106 valence electrons. The first-order chi connectivity index (χ1) is 8.94. The van der Waals surface area contributed by atoms with Gasteiger partial charge in [0.1, 0.15) is 11.6 Å². The molecule has 0 saturated heterocycles. The van der Waals surface area contributed by atoms with E-state index in [1.54, 1.807) is 0 Å². The van der Waals surface area contributed by atoms with E-state index in [9.17, 15) is 9.50 Å². The molecular formula is C15H23FN2O. The van der Waals surface area contributed by atoms with Crippen molar-refractivity contribution in [3.63, 3.8) is 0 Å². The molecule has 0 amide bonds. The number of aromatic hydroxyl groups is 1. The standard InChI is InChI=1S/C15H23FN2O/c1-11(13-9-12(16)5-6-14(13)19)17-10-15(18(2)3)7-4-8-15/h5-6,9,11,17,19H,4,7-8,10H2,1-3H3. The van der Waals surface area contributed by atoms with Crippen molar-refractivity contribution in [3.05, 3.63) is 29.6 Å². The van der Waals surface area contributed by atoms with Crippen LogP contribution in [0.4, 0.5) is 4.39 Å². The number of hydrogen-bond donors (Lipinski definition) is 2. The molecule has 1 atom stereocenters. The van der Waals surface area contributed by atoms with Crippen molar-refractivity contribution < 1.29 is 9.50 Å². The van der Waals surface area contributed by atoms with E-state index in [0.717, 1.165) is 6.54 Å². The molecule has 1 aromatic rings. The van der Waals surface area contributed by atoms with Crippen LogP contribution in [-0.2, 0) is 0 Å². The largest absolute Gasteiger partial charge is 0.508 e. The molecule has 0 aromatic heterocycles. The number of halogens is 1. The third kappa shape index (κ3) is 2.90. The van der Waals surface area contributed by atoms with Gasteiger partial charge in [-0.25, -0.2) is 4.39 Å². The Morgan fingerprint density at radius 2 is 2.11 bits per heavy atom. The Kier molecular flexibility index (Phi) is 4.11. The van der Waals surface area contributed by atoms with Gasteiger partial charge in [-0.2, -0.15) is 0 Å². The lowest BCUT2D eigenvalue weighted by atomic mass is 9.75. The Labute approximate surface area is 114 Å². The Hall–Kier alpha value is -1.13. The minimum atomic E-state index is -0.313. The topological polar surface area (TPSA) is 35.5 Å². The second kappa shape index (κ2) is 5.47. The normalized spacial score (nSPS) is 19.2. The first-order valence-corrected chi connectivity index (χ1v) is 6.84. The van der Waals surface area contributed by atoms with E-state index in [0.29, 0.717) is 5.56 Å². The van der Waals surface area contributed by atoms with Crippen molar-refractivity contribution >= 4 is 0 Å². The van der Waals surface area contributed by atoms with Crippen LogP contribution in [0.25, 0.3) is 0 Å². The van der Waals surface area contributed by atoms with Crippen molar-refractivity contribution in [3.8, 4) is 5.75 Å². The monoisotopic (exact) mass is 266 g/mol. The lowest BCUT2D eigenvalue weighted by Crippen LogP contribution is -2.56. The zero-order valence-electron chi connectivity index (χ0n) is 11.9. The van der Waals surface area contributed by atoms with E-state index in [1.165, 1.54) is 37.5 Å². The summed E-state index contributed by atoms with van der Waals surface area (Å²) in [5.74, 6) is -0.165. The van der Waals surface area contributed by atoms with Crippen LogP contribution in [-0.4, -0.2) is 36.2 Å². The molecule has 1 saturated carbocycles. The summed E-state index contributed by atoms with van der Waals surface area (Å²) in [5, 5.41) is 13.2. The molecule has 0 heterocycles. The molecule has 2 rings (SSSR count). The first-order valence-electron chi connectivity index (χ1n) is 6.84. The smallest absolute Gasteiger partial charge is 0.123 e. The van der Waals surface area contributed by atoms with Gasteiger partial charge in [0.2, 0.25) is 0 Å². The van der Waals surface area contributed by atoms with E-state index in [4.69, 9.17) is 0 Å². The van der Waals surface area contributed by atoms with Crippen LogP contribution in [0.1, 0.15) is 37.8 Å². The number of likely N-dealkylation sites (N-methyl/N-ethyl adjacent to an activating group) is 1. The first kappa shape index (κ1) is 14.3. The van der Waals surface area contributed by atoms with Crippen LogP contribution in [0.2, 0.25) is 0 Å².